The molecule has 1 saturated heterocycles. The lowest BCUT2D eigenvalue weighted by atomic mass is 10.1. The van der Waals surface area contributed by atoms with Crippen molar-refractivity contribution in [3.8, 4) is 0 Å². The molecule has 1 aliphatic heterocycles. The van der Waals surface area contributed by atoms with Crippen LogP contribution in [-0.4, -0.2) is 65.5 Å². The molecule has 1 aromatic carbocycles. The second kappa shape index (κ2) is 9.05. The Morgan fingerprint density at radius 2 is 2.04 bits per heavy atom. The Bertz CT molecular complexity index is 657. The largest absolute Gasteiger partial charge is 0.480 e. The third kappa shape index (κ3) is 5.47. The van der Waals surface area contributed by atoms with Gasteiger partial charge in [0.05, 0.1) is 12.6 Å². The molecule has 2 unspecified atom stereocenters. The van der Waals surface area contributed by atoms with Crippen molar-refractivity contribution in [3.05, 3.63) is 29.8 Å². The number of halogens is 2. The van der Waals surface area contributed by atoms with E-state index in [9.17, 15) is 18.4 Å². The first-order valence-corrected chi connectivity index (χ1v) is 8.70. The molecule has 2 atom stereocenters. The van der Waals surface area contributed by atoms with Crippen LogP contribution in [-0.2, 0) is 9.59 Å². The van der Waals surface area contributed by atoms with Crippen LogP contribution in [0.2, 0.25) is 0 Å². The molecule has 2 rings (SSSR count). The maximum Gasteiger partial charge on any atom is 0.317 e. The third-order valence-electron chi connectivity index (χ3n) is 4.85. The van der Waals surface area contributed by atoms with Gasteiger partial charge in [0.15, 0.2) is 11.6 Å². The number of amides is 1. The van der Waals surface area contributed by atoms with Gasteiger partial charge in [0, 0.05) is 24.3 Å². The Morgan fingerprint density at radius 3 is 2.69 bits per heavy atom. The molecule has 0 spiro atoms. The lowest BCUT2D eigenvalue weighted by Crippen LogP contribution is -2.43. The second-order valence-electron chi connectivity index (χ2n) is 6.72. The lowest BCUT2D eigenvalue weighted by molar-refractivity contribution is -0.138. The first-order chi connectivity index (χ1) is 12.3. The van der Waals surface area contributed by atoms with Crippen LogP contribution < -0.4 is 5.32 Å². The zero-order valence-corrected chi connectivity index (χ0v) is 15.0. The Hall–Kier alpha value is -2.06. The van der Waals surface area contributed by atoms with E-state index in [0.29, 0.717) is 6.54 Å². The summed E-state index contributed by atoms with van der Waals surface area (Å²) in [6.45, 7) is 3.16. The highest BCUT2D eigenvalue weighted by Gasteiger charge is 2.27. The normalized spacial score (nSPS) is 19.8. The third-order valence-corrected chi connectivity index (χ3v) is 4.85. The fourth-order valence-corrected chi connectivity index (χ4v) is 3.26. The van der Waals surface area contributed by atoms with Gasteiger partial charge in [0.1, 0.15) is 0 Å². The number of rotatable bonds is 6. The fraction of sp³-hybridized carbons (Fsp3) is 0.556. The molecular formula is C18H25F2N3O3. The van der Waals surface area contributed by atoms with E-state index >= 15 is 0 Å². The van der Waals surface area contributed by atoms with Gasteiger partial charge in [0.2, 0.25) is 5.91 Å². The van der Waals surface area contributed by atoms with Gasteiger partial charge in [-0.2, -0.15) is 0 Å². The quantitative estimate of drug-likeness (QED) is 0.804. The predicted molar refractivity (Wildman–Crippen MR) is 93.9 cm³/mol. The zero-order valence-electron chi connectivity index (χ0n) is 15.0. The standard InChI is InChI=1S/C18H25F2N3O3/c1-12(18(26)21-13-5-6-15(19)16(20)10-13)23-8-3-4-14(7-9-23)22(2)11-17(24)25/h5-6,10,12,14H,3-4,7-9,11H2,1-2H3,(H,21,26)(H,24,25). The lowest BCUT2D eigenvalue weighted by Gasteiger charge is -2.28. The van der Waals surface area contributed by atoms with Crippen LogP contribution >= 0.6 is 0 Å². The maximum atomic E-state index is 13.3. The van der Waals surface area contributed by atoms with Crippen molar-refractivity contribution in [1.29, 1.82) is 0 Å². The van der Waals surface area contributed by atoms with Gasteiger partial charge in [-0.05, 0) is 51.9 Å². The van der Waals surface area contributed by atoms with E-state index in [2.05, 4.69) is 5.32 Å². The van der Waals surface area contributed by atoms with E-state index in [1.807, 2.05) is 9.80 Å². The molecule has 1 amide bonds. The Kier molecular flexibility index (Phi) is 7.05. The number of carboxylic acids is 1. The molecule has 144 valence electrons. The Morgan fingerprint density at radius 1 is 1.31 bits per heavy atom. The SMILES string of the molecule is CC(C(=O)Nc1ccc(F)c(F)c1)N1CCCC(N(C)CC(=O)O)CC1. The van der Waals surface area contributed by atoms with E-state index in [1.165, 1.54) is 6.07 Å². The van der Waals surface area contributed by atoms with Gasteiger partial charge in [-0.1, -0.05) is 0 Å². The van der Waals surface area contributed by atoms with Gasteiger partial charge < -0.3 is 10.4 Å². The number of anilines is 1. The van der Waals surface area contributed by atoms with Gasteiger partial charge >= 0.3 is 5.97 Å². The number of benzene rings is 1. The van der Waals surface area contributed by atoms with Crippen molar-refractivity contribution in [2.24, 2.45) is 0 Å². The van der Waals surface area contributed by atoms with Crippen LogP contribution in [0.15, 0.2) is 18.2 Å². The number of aliphatic carboxylic acids is 1. The van der Waals surface area contributed by atoms with Crippen LogP contribution in [0.25, 0.3) is 0 Å². The summed E-state index contributed by atoms with van der Waals surface area (Å²) in [6.07, 6.45) is 2.50. The number of hydrogen-bond acceptors (Lipinski definition) is 4. The number of hydrogen-bond donors (Lipinski definition) is 2. The average molecular weight is 369 g/mol. The van der Waals surface area contributed by atoms with E-state index in [0.717, 1.165) is 37.9 Å². The van der Waals surface area contributed by atoms with Gasteiger partial charge in [0.25, 0.3) is 0 Å². The van der Waals surface area contributed by atoms with Crippen molar-refractivity contribution in [3.63, 3.8) is 0 Å². The molecule has 1 fully saturated rings. The molecule has 8 heteroatoms. The average Bonchev–Trinajstić information content (AvgIpc) is 2.83. The predicted octanol–water partition coefficient (Wildman–Crippen LogP) is 2.16. The summed E-state index contributed by atoms with van der Waals surface area (Å²) < 4.78 is 26.2. The smallest absolute Gasteiger partial charge is 0.317 e. The molecule has 1 heterocycles. The molecule has 0 saturated carbocycles. The van der Waals surface area contributed by atoms with Crippen LogP contribution in [0.1, 0.15) is 26.2 Å². The van der Waals surface area contributed by atoms with Gasteiger partial charge in [-0.15, -0.1) is 0 Å². The first-order valence-electron chi connectivity index (χ1n) is 8.70. The minimum atomic E-state index is -1.01. The van der Waals surface area contributed by atoms with Gasteiger partial charge in [-0.3, -0.25) is 19.4 Å². The molecule has 0 radical (unpaired) electrons. The zero-order chi connectivity index (χ0) is 19.3. The van der Waals surface area contributed by atoms with E-state index < -0.39 is 23.6 Å². The molecule has 26 heavy (non-hydrogen) atoms. The Labute approximate surface area is 151 Å². The maximum absolute atomic E-state index is 13.3. The molecule has 1 aliphatic rings. The number of nitrogens with one attached hydrogen (secondary N) is 1. The summed E-state index contributed by atoms with van der Waals surface area (Å²) in [7, 11) is 1.80. The summed E-state index contributed by atoms with van der Waals surface area (Å²) in [5.41, 5.74) is 0.217. The number of nitrogens with zero attached hydrogens (tertiary/aromatic N) is 2. The number of carbonyl (C=O) groups is 2. The molecule has 6 nitrogen and oxygen atoms in total. The molecule has 1 aromatic rings. The molecule has 0 aliphatic carbocycles. The summed E-state index contributed by atoms with van der Waals surface area (Å²) in [4.78, 5) is 27.2. The van der Waals surface area contributed by atoms with Crippen LogP contribution in [0.5, 0.6) is 0 Å². The van der Waals surface area contributed by atoms with Gasteiger partial charge in [-0.25, -0.2) is 8.78 Å². The topological polar surface area (TPSA) is 72.9 Å². The second-order valence-corrected chi connectivity index (χ2v) is 6.72. The monoisotopic (exact) mass is 369 g/mol. The minimum Gasteiger partial charge on any atom is -0.480 e. The van der Waals surface area contributed by atoms with Crippen molar-refractivity contribution in [2.75, 3.05) is 32.0 Å². The number of likely N-dealkylation sites (N-methyl/N-ethyl adjacent to an activating group) is 1. The molecule has 0 bridgehead atoms. The summed E-state index contributed by atoms with van der Waals surface area (Å²) in [5, 5.41) is 11.5. The van der Waals surface area contributed by atoms with E-state index in [1.54, 1.807) is 14.0 Å². The fourth-order valence-electron chi connectivity index (χ4n) is 3.26. The molecular weight excluding hydrogens is 344 g/mol. The molecule has 2 N–H and O–H groups in total. The minimum absolute atomic E-state index is 0.00314. The van der Waals surface area contributed by atoms with E-state index in [4.69, 9.17) is 5.11 Å². The van der Waals surface area contributed by atoms with E-state index in [-0.39, 0.29) is 24.2 Å². The summed E-state index contributed by atoms with van der Waals surface area (Å²) in [5.74, 6) is -3.10. The van der Waals surface area contributed by atoms with Crippen molar-refractivity contribution >= 4 is 17.6 Å². The van der Waals surface area contributed by atoms with Crippen molar-refractivity contribution in [1.82, 2.24) is 9.80 Å². The van der Waals surface area contributed by atoms with Crippen molar-refractivity contribution in [2.45, 2.75) is 38.3 Å². The van der Waals surface area contributed by atoms with Crippen LogP contribution in [0.3, 0.4) is 0 Å². The highest BCUT2D eigenvalue weighted by molar-refractivity contribution is 5.94. The Balaban J connectivity index is 1.92. The van der Waals surface area contributed by atoms with Crippen LogP contribution in [0.4, 0.5) is 14.5 Å². The van der Waals surface area contributed by atoms with Crippen LogP contribution in [0, 0.1) is 11.6 Å². The first kappa shape index (κ1) is 20.3. The molecule has 0 aromatic heterocycles. The summed E-state index contributed by atoms with van der Waals surface area (Å²) in [6, 6.07) is 3.00. The summed E-state index contributed by atoms with van der Waals surface area (Å²) >= 11 is 0. The highest BCUT2D eigenvalue weighted by atomic mass is 19.2. The van der Waals surface area contributed by atoms with Crippen molar-refractivity contribution < 1.29 is 23.5 Å². The number of carboxylic acid groups (broad SMARTS) is 1. The number of carbonyl (C=O) groups excluding carboxylic acids is 1. The highest BCUT2D eigenvalue weighted by Crippen LogP contribution is 2.19. The number of likely N-dealkylation sites (tertiary alicyclic amines) is 1.